The fourth-order valence-corrected chi connectivity index (χ4v) is 4.31. The van der Waals surface area contributed by atoms with Gasteiger partial charge in [0.1, 0.15) is 28.1 Å². The molecule has 1 aliphatic carbocycles. The molecule has 0 spiro atoms. The van der Waals surface area contributed by atoms with Crippen molar-refractivity contribution in [2.45, 2.75) is 64.2 Å². The number of hydrogen-bond donors (Lipinski definition) is 4. The van der Waals surface area contributed by atoms with Gasteiger partial charge in [0.05, 0.1) is 30.4 Å². The third kappa shape index (κ3) is 4.52. The topological polar surface area (TPSA) is 161 Å². The van der Waals surface area contributed by atoms with Gasteiger partial charge in [0, 0.05) is 29.6 Å². The van der Waals surface area contributed by atoms with Gasteiger partial charge in [0.25, 0.3) is 0 Å². The molecule has 4 aromatic heterocycles. The number of aliphatic hydroxyl groups excluding tert-OH is 1. The van der Waals surface area contributed by atoms with Crippen LogP contribution in [0.1, 0.15) is 51.6 Å². The maximum absolute atomic E-state index is 10.1. The highest BCUT2D eigenvalue weighted by atomic mass is 16.3. The van der Waals surface area contributed by atoms with Gasteiger partial charge < -0.3 is 21.3 Å². The lowest BCUT2D eigenvalue weighted by molar-refractivity contribution is 0.0687. The number of aryl methyl sites for hydroxylation is 1. The van der Waals surface area contributed by atoms with E-state index < -0.39 is 5.60 Å². The van der Waals surface area contributed by atoms with Crippen LogP contribution in [0.2, 0.25) is 0 Å². The summed E-state index contributed by atoms with van der Waals surface area (Å²) in [7, 11) is 0. The number of rotatable bonds is 6. The van der Waals surface area contributed by atoms with Gasteiger partial charge in [-0.05, 0) is 39.5 Å². The molecule has 4 aromatic rings. The van der Waals surface area contributed by atoms with E-state index in [4.69, 9.17) is 15.7 Å². The Morgan fingerprint density at radius 3 is 2.51 bits per heavy atom. The van der Waals surface area contributed by atoms with Crippen LogP contribution in [0, 0.1) is 0 Å². The van der Waals surface area contributed by atoms with E-state index in [0.717, 1.165) is 29.7 Å². The Hall–Kier alpha value is -3.70. The monoisotopic (exact) mass is 475 g/mol. The van der Waals surface area contributed by atoms with E-state index in [9.17, 15) is 10.2 Å². The molecule has 0 aromatic carbocycles. The van der Waals surface area contributed by atoms with Gasteiger partial charge >= 0.3 is 0 Å². The standard InChI is InChI=1S/C24H29N9O2/c1-4-18-22(30-14-5-6-16(34)7-14)32-19-17(11-26-21(25)20(19)31-18)13-8-29-33(12-13)15-9-27-23(28-10-15)24(2,3)35/h8-12,14,16,34-35H,4-7H2,1-3H3,(H2,25,26)(H,30,32). The van der Waals surface area contributed by atoms with E-state index in [-0.39, 0.29) is 12.1 Å². The number of pyridine rings is 1. The summed E-state index contributed by atoms with van der Waals surface area (Å²) < 4.78 is 1.65. The lowest BCUT2D eigenvalue weighted by Gasteiger charge is -2.17. The van der Waals surface area contributed by atoms with Gasteiger partial charge in [-0.3, -0.25) is 0 Å². The molecule has 0 saturated heterocycles. The van der Waals surface area contributed by atoms with Crippen molar-refractivity contribution in [1.29, 1.82) is 0 Å². The fourth-order valence-electron chi connectivity index (χ4n) is 4.31. The third-order valence-corrected chi connectivity index (χ3v) is 6.22. The number of fused-ring (bicyclic) bond motifs is 1. The van der Waals surface area contributed by atoms with Gasteiger partial charge in [-0.15, -0.1) is 0 Å². The van der Waals surface area contributed by atoms with Crippen LogP contribution in [0.15, 0.2) is 31.0 Å². The van der Waals surface area contributed by atoms with Gasteiger partial charge in [-0.25, -0.2) is 29.6 Å². The van der Waals surface area contributed by atoms with Crippen LogP contribution >= 0.6 is 0 Å². The van der Waals surface area contributed by atoms with Crippen LogP contribution in [-0.2, 0) is 12.0 Å². The number of nitrogens with one attached hydrogen (secondary N) is 1. The molecular formula is C24H29N9O2. The zero-order chi connectivity index (χ0) is 24.7. The molecule has 2 atom stereocenters. The molecule has 2 unspecified atom stereocenters. The van der Waals surface area contributed by atoms with Crippen molar-refractivity contribution in [3.05, 3.63) is 42.5 Å². The highest BCUT2D eigenvalue weighted by Crippen LogP contribution is 2.32. The van der Waals surface area contributed by atoms with Gasteiger partial charge in [0.2, 0.25) is 0 Å². The van der Waals surface area contributed by atoms with E-state index in [2.05, 4.69) is 25.4 Å². The first-order valence-corrected chi connectivity index (χ1v) is 11.7. The normalized spacial score (nSPS) is 18.3. The van der Waals surface area contributed by atoms with E-state index in [1.54, 1.807) is 43.3 Å². The predicted molar refractivity (Wildman–Crippen MR) is 132 cm³/mol. The SMILES string of the molecule is CCc1nc2c(N)ncc(-c3cnn(-c4cnc(C(C)(C)O)nc4)c3)c2nc1NC1CCC(O)C1. The highest BCUT2D eigenvalue weighted by molar-refractivity contribution is 5.96. The number of nitrogen functional groups attached to an aromatic ring is 1. The van der Waals surface area contributed by atoms with E-state index >= 15 is 0 Å². The molecule has 35 heavy (non-hydrogen) atoms. The predicted octanol–water partition coefficient (Wildman–Crippen LogP) is 2.36. The van der Waals surface area contributed by atoms with Crippen LogP contribution in [-0.4, -0.2) is 57.1 Å². The Morgan fingerprint density at radius 2 is 1.86 bits per heavy atom. The molecule has 5 rings (SSSR count). The second kappa shape index (κ2) is 8.82. The second-order valence-electron chi connectivity index (χ2n) is 9.43. The molecule has 1 fully saturated rings. The lowest BCUT2D eigenvalue weighted by Crippen LogP contribution is -2.19. The molecule has 11 heteroatoms. The molecule has 182 valence electrons. The molecule has 0 radical (unpaired) electrons. The summed E-state index contributed by atoms with van der Waals surface area (Å²) in [5, 5.41) is 28.0. The molecule has 1 saturated carbocycles. The lowest BCUT2D eigenvalue weighted by atomic mass is 10.1. The highest BCUT2D eigenvalue weighted by Gasteiger charge is 2.25. The zero-order valence-corrected chi connectivity index (χ0v) is 20.0. The number of nitrogens with zero attached hydrogens (tertiary/aromatic N) is 7. The van der Waals surface area contributed by atoms with Crippen molar-refractivity contribution in [2.75, 3.05) is 11.1 Å². The third-order valence-electron chi connectivity index (χ3n) is 6.22. The largest absolute Gasteiger partial charge is 0.393 e. The summed E-state index contributed by atoms with van der Waals surface area (Å²) in [6, 6.07) is 0.152. The minimum atomic E-state index is -1.12. The minimum Gasteiger partial charge on any atom is -0.393 e. The molecule has 5 N–H and O–H groups in total. The summed E-state index contributed by atoms with van der Waals surface area (Å²) in [5.74, 6) is 1.35. The summed E-state index contributed by atoms with van der Waals surface area (Å²) in [6.45, 7) is 5.29. The Kier molecular flexibility index (Phi) is 5.81. The first-order chi connectivity index (χ1) is 16.7. The maximum Gasteiger partial charge on any atom is 0.159 e. The van der Waals surface area contributed by atoms with Crippen molar-refractivity contribution < 1.29 is 10.2 Å². The number of aromatic nitrogens is 7. The van der Waals surface area contributed by atoms with Crippen molar-refractivity contribution in [2.24, 2.45) is 0 Å². The Balaban J connectivity index is 1.53. The van der Waals surface area contributed by atoms with E-state index in [0.29, 0.717) is 47.0 Å². The molecule has 0 bridgehead atoms. The quantitative estimate of drug-likeness (QED) is 0.326. The minimum absolute atomic E-state index is 0.152. The summed E-state index contributed by atoms with van der Waals surface area (Å²) in [6.07, 6.45) is 11.2. The molecule has 1 aliphatic rings. The summed E-state index contributed by atoms with van der Waals surface area (Å²) >= 11 is 0. The molecule has 0 amide bonds. The van der Waals surface area contributed by atoms with Crippen LogP contribution in [0.5, 0.6) is 0 Å². The Morgan fingerprint density at radius 1 is 1.09 bits per heavy atom. The van der Waals surface area contributed by atoms with E-state index in [1.807, 2.05) is 13.1 Å². The Bertz CT molecular complexity index is 1360. The van der Waals surface area contributed by atoms with Crippen LogP contribution in [0.25, 0.3) is 27.8 Å². The van der Waals surface area contributed by atoms with Crippen molar-refractivity contribution in [3.8, 4) is 16.8 Å². The molecule has 11 nitrogen and oxygen atoms in total. The molecule has 4 heterocycles. The number of aliphatic hydroxyl groups is 2. The molecular weight excluding hydrogens is 446 g/mol. The summed E-state index contributed by atoms with van der Waals surface area (Å²) in [4.78, 5) is 22.6. The number of hydrogen-bond acceptors (Lipinski definition) is 10. The summed E-state index contributed by atoms with van der Waals surface area (Å²) in [5.41, 5.74) is 9.22. The number of anilines is 2. The fraction of sp³-hybridized carbons (Fsp3) is 0.417. The van der Waals surface area contributed by atoms with Gasteiger partial charge in [-0.1, -0.05) is 6.92 Å². The van der Waals surface area contributed by atoms with Crippen LogP contribution in [0.4, 0.5) is 11.6 Å². The van der Waals surface area contributed by atoms with Crippen molar-refractivity contribution >= 4 is 22.7 Å². The average Bonchev–Trinajstić information content (AvgIpc) is 3.48. The van der Waals surface area contributed by atoms with E-state index in [1.165, 1.54) is 0 Å². The smallest absolute Gasteiger partial charge is 0.159 e. The van der Waals surface area contributed by atoms with Gasteiger partial charge in [0.15, 0.2) is 11.6 Å². The van der Waals surface area contributed by atoms with Crippen molar-refractivity contribution in [1.82, 2.24) is 34.7 Å². The zero-order valence-electron chi connectivity index (χ0n) is 20.0. The molecule has 0 aliphatic heterocycles. The second-order valence-corrected chi connectivity index (χ2v) is 9.43. The first-order valence-electron chi connectivity index (χ1n) is 11.7. The number of nitrogens with two attached hydrogens (primary N) is 1. The Labute approximate surface area is 202 Å². The van der Waals surface area contributed by atoms with Crippen LogP contribution < -0.4 is 11.1 Å². The first kappa shape index (κ1) is 23.1. The van der Waals surface area contributed by atoms with Crippen molar-refractivity contribution in [3.63, 3.8) is 0 Å². The maximum atomic E-state index is 10.1. The van der Waals surface area contributed by atoms with Gasteiger partial charge in [-0.2, -0.15) is 5.10 Å². The van der Waals surface area contributed by atoms with Crippen LogP contribution in [0.3, 0.4) is 0 Å². The average molecular weight is 476 g/mol.